The Morgan fingerprint density at radius 3 is 2.37 bits per heavy atom. The van der Waals surface area contributed by atoms with Crippen LogP contribution in [0.1, 0.15) is 56.4 Å². The van der Waals surface area contributed by atoms with E-state index >= 15 is 0 Å². The van der Waals surface area contributed by atoms with Crippen LogP contribution in [-0.2, 0) is 19.5 Å². The highest BCUT2D eigenvalue weighted by atomic mass is 16.1. The van der Waals surface area contributed by atoms with Crippen LogP contribution in [0.25, 0.3) is 0 Å². The zero-order chi connectivity index (χ0) is 19.0. The van der Waals surface area contributed by atoms with Crippen LogP contribution in [0, 0.1) is 6.92 Å². The summed E-state index contributed by atoms with van der Waals surface area (Å²) < 4.78 is 1.89. The van der Waals surface area contributed by atoms with E-state index < -0.39 is 0 Å². The summed E-state index contributed by atoms with van der Waals surface area (Å²) in [5.41, 5.74) is 4.26. The van der Waals surface area contributed by atoms with Crippen LogP contribution in [0.15, 0.2) is 29.1 Å². The summed E-state index contributed by atoms with van der Waals surface area (Å²) in [4.78, 5) is 22.7. The fourth-order valence-electron chi connectivity index (χ4n) is 4.51. The number of hydrogen-bond donors (Lipinski definition) is 0. The van der Waals surface area contributed by atoms with Crippen LogP contribution >= 0.6 is 0 Å². The maximum absolute atomic E-state index is 13.2. The van der Waals surface area contributed by atoms with E-state index in [0.29, 0.717) is 12.7 Å². The van der Waals surface area contributed by atoms with Crippen molar-refractivity contribution in [2.75, 3.05) is 11.6 Å². The normalized spacial score (nSPS) is 18.1. The van der Waals surface area contributed by atoms with Gasteiger partial charge >= 0.3 is 0 Å². The van der Waals surface area contributed by atoms with Crippen molar-refractivity contribution in [1.29, 1.82) is 0 Å². The maximum atomic E-state index is 13.2. The Labute approximate surface area is 161 Å². The molecule has 1 aromatic heterocycles. The number of rotatable bonds is 4. The summed E-state index contributed by atoms with van der Waals surface area (Å²) >= 11 is 0. The first-order valence-corrected chi connectivity index (χ1v) is 10.3. The number of anilines is 2. The average Bonchev–Trinajstić information content (AvgIpc) is 3.23. The van der Waals surface area contributed by atoms with Gasteiger partial charge in [0.2, 0.25) is 5.95 Å². The third-order valence-corrected chi connectivity index (χ3v) is 6.19. The Hall–Kier alpha value is -2.14. The monoisotopic (exact) mass is 366 g/mol. The molecule has 0 radical (unpaired) electrons. The highest BCUT2D eigenvalue weighted by Gasteiger charge is 2.32. The Kier molecular flexibility index (Phi) is 5.04. The van der Waals surface area contributed by atoms with Crippen LogP contribution in [0.2, 0.25) is 0 Å². The van der Waals surface area contributed by atoms with Crippen molar-refractivity contribution in [3.8, 4) is 0 Å². The molecule has 1 saturated carbocycles. The summed E-state index contributed by atoms with van der Waals surface area (Å²) in [5.74, 6) is 0.785. The van der Waals surface area contributed by atoms with Gasteiger partial charge in [0.25, 0.3) is 5.56 Å². The Morgan fingerprint density at radius 2 is 1.74 bits per heavy atom. The Balaban J connectivity index is 1.80. The predicted octanol–water partition coefficient (Wildman–Crippen LogP) is 3.99. The molecule has 144 valence electrons. The number of benzene rings is 1. The first-order chi connectivity index (χ1) is 13.1. The minimum atomic E-state index is 0.123. The zero-order valence-corrected chi connectivity index (χ0v) is 16.7. The third-order valence-electron chi connectivity index (χ3n) is 6.19. The van der Waals surface area contributed by atoms with Gasteiger partial charge in [0.05, 0.1) is 13.3 Å². The minimum Gasteiger partial charge on any atom is -0.298 e. The van der Waals surface area contributed by atoms with E-state index in [4.69, 9.17) is 4.98 Å². The molecular formula is C22H30N4O. The van der Waals surface area contributed by atoms with Gasteiger partial charge in [-0.1, -0.05) is 38.8 Å². The molecule has 1 aromatic carbocycles. The van der Waals surface area contributed by atoms with Crippen LogP contribution in [-0.4, -0.2) is 27.2 Å². The molecule has 0 unspecified atom stereocenters. The quantitative estimate of drug-likeness (QED) is 0.820. The zero-order valence-electron chi connectivity index (χ0n) is 16.7. The molecule has 0 spiro atoms. The number of hydrogen-bond acceptors (Lipinski definition) is 4. The van der Waals surface area contributed by atoms with E-state index in [1.54, 1.807) is 0 Å². The Bertz CT molecular complexity index is 865. The molecule has 0 bridgehead atoms. The molecule has 1 aliphatic heterocycles. The molecular weight excluding hydrogens is 336 g/mol. The molecule has 5 heteroatoms. The second kappa shape index (κ2) is 7.47. The highest BCUT2D eigenvalue weighted by molar-refractivity contribution is 5.59. The van der Waals surface area contributed by atoms with Gasteiger partial charge in [-0.05, 0) is 50.3 Å². The standard InChI is InChI=1S/C22H30N4O/c1-4-17-10-12-19(13-11-17)25-14-24(18-8-6-7-9-18)15-26-21(27)20(5-2)16(3)23-22(25)26/h10-13,18H,4-9,14-15H2,1-3H3. The highest BCUT2D eigenvalue weighted by Crippen LogP contribution is 2.32. The van der Waals surface area contributed by atoms with Crippen LogP contribution < -0.4 is 10.5 Å². The van der Waals surface area contributed by atoms with Gasteiger partial charge in [-0.15, -0.1) is 0 Å². The second-order valence-corrected chi connectivity index (χ2v) is 7.82. The Morgan fingerprint density at radius 1 is 1.04 bits per heavy atom. The van der Waals surface area contributed by atoms with Crippen molar-refractivity contribution in [3.63, 3.8) is 0 Å². The van der Waals surface area contributed by atoms with E-state index in [0.717, 1.165) is 42.4 Å². The molecule has 0 atom stereocenters. The van der Waals surface area contributed by atoms with Gasteiger partial charge in [-0.3, -0.25) is 19.2 Å². The summed E-state index contributed by atoms with van der Waals surface area (Å²) in [6.07, 6.45) is 6.80. The minimum absolute atomic E-state index is 0.123. The lowest BCUT2D eigenvalue weighted by atomic mass is 10.1. The van der Waals surface area contributed by atoms with E-state index in [9.17, 15) is 4.79 Å². The molecule has 1 aliphatic carbocycles. The molecule has 2 aliphatic rings. The summed E-state index contributed by atoms with van der Waals surface area (Å²) in [6.45, 7) is 7.62. The molecule has 0 amide bonds. The maximum Gasteiger partial charge on any atom is 0.259 e. The number of aromatic nitrogens is 2. The van der Waals surface area contributed by atoms with E-state index in [1.165, 1.54) is 31.2 Å². The fourth-order valence-corrected chi connectivity index (χ4v) is 4.51. The summed E-state index contributed by atoms with van der Waals surface area (Å²) in [5, 5.41) is 0. The molecule has 1 fully saturated rings. The second-order valence-electron chi connectivity index (χ2n) is 7.82. The van der Waals surface area contributed by atoms with Gasteiger partial charge < -0.3 is 0 Å². The van der Waals surface area contributed by atoms with Crippen molar-refractivity contribution in [3.05, 3.63) is 51.4 Å². The van der Waals surface area contributed by atoms with E-state index in [-0.39, 0.29) is 5.56 Å². The molecule has 27 heavy (non-hydrogen) atoms. The van der Waals surface area contributed by atoms with Crippen LogP contribution in [0.4, 0.5) is 11.6 Å². The first kappa shape index (κ1) is 18.2. The molecule has 0 saturated heterocycles. The summed E-state index contributed by atoms with van der Waals surface area (Å²) in [6, 6.07) is 9.25. The predicted molar refractivity (Wildman–Crippen MR) is 110 cm³/mol. The van der Waals surface area contributed by atoms with Gasteiger partial charge in [0.15, 0.2) is 0 Å². The van der Waals surface area contributed by atoms with Crippen LogP contribution in [0.5, 0.6) is 0 Å². The van der Waals surface area contributed by atoms with Gasteiger partial charge in [0, 0.05) is 23.0 Å². The lowest BCUT2D eigenvalue weighted by molar-refractivity contribution is 0.138. The van der Waals surface area contributed by atoms with Crippen LogP contribution in [0.3, 0.4) is 0 Å². The van der Waals surface area contributed by atoms with E-state index in [1.807, 2.05) is 18.4 Å². The van der Waals surface area contributed by atoms with Crippen molar-refractivity contribution < 1.29 is 0 Å². The van der Waals surface area contributed by atoms with Crippen molar-refractivity contribution >= 4 is 11.6 Å². The van der Waals surface area contributed by atoms with Crippen molar-refractivity contribution in [2.24, 2.45) is 0 Å². The molecule has 2 aromatic rings. The first-order valence-electron chi connectivity index (χ1n) is 10.3. The smallest absolute Gasteiger partial charge is 0.259 e. The third kappa shape index (κ3) is 3.29. The topological polar surface area (TPSA) is 41.4 Å². The van der Waals surface area contributed by atoms with Crippen molar-refractivity contribution in [2.45, 2.75) is 72.0 Å². The summed E-state index contributed by atoms with van der Waals surface area (Å²) in [7, 11) is 0. The average molecular weight is 367 g/mol. The van der Waals surface area contributed by atoms with Gasteiger partial charge in [-0.25, -0.2) is 4.98 Å². The lowest BCUT2D eigenvalue weighted by Gasteiger charge is -2.41. The number of aryl methyl sites for hydroxylation is 2. The number of fused-ring (bicyclic) bond motifs is 1. The largest absolute Gasteiger partial charge is 0.298 e. The fraction of sp³-hybridized carbons (Fsp3) is 0.545. The lowest BCUT2D eigenvalue weighted by Crippen LogP contribution is -2.51. The van der Waals surface area contributed by atoms with Gasteiger partial charge in [-0.2, -0.15) is 0 Å². The molecule has 2 heterocycles. The SMILES string of the molecule is CCc1ccc(N2CN(C3CCCC3)Cn3c2nc(C)c(CC)c3=O)cc1. The number of nitrogens with zero attached hydrogens (tertiary/aromatic N) is 4. The van der Waals surface area contributed by atoms with Gasteiger partial charge in [0.1, 0.15) is 0 Å². The molecule has 5 nitrogen and oxygen atoms in total. The molecule has 4 rings (SSSR count). The van der Waals surface area contributed by atoms with E-state index in [2.05, 4.69) is 41.0 Å². The van der Waals surface area contributed by atoms with Crippen molar-refractivity contribution in [1.82, 2.24) is 14.5 Å². The molecule has 0 N–H and O–H groups in total.